The average Bonchev–Trinajstić information content (AvgIpc) is 2.87. The third kappa shape index (κ3) is 6.73. The molecule has 1 saturated heterocycles. The zero-order chi connectivity index (χ0) is 24.8. The maximum absolute atomic E-state index is 13.5. The molecule has 1 aromatic heterocycles. The lowest BCUT2D eigenvalue weighted by Crippen LogP contribution is -2.48. The first kappa shape index (κ1) is 25.0. The number of alkyl halides is 3. The summed E-state index contributed by atoms with van der Waals surface area (Å²) in [6, 6.07) is 17.6. The number of piperazine rings is 1. The topological polar surface area (TPSA) is 58.6 Å². The molecule has 0 bridgehead atoms. The normalized spacial score (nSPS) is 14.7. The number of aromatic nitrogens is 2. The molecular formula is C25H25F3N4O2S. The first-order chi connectivity index (χ1) is 16.8. The van der Waals surface area contributed by atoms with E-state index in [4.69, 9.17) is 4.74 Å². The van der Waals surface area contributed by atoms with Crippen LogP contribution in [0.3, 0.4) is 0 Å². The summed E-state index contributed by atoms with van der Waals surface area (Å²) >= 11 is 0.921. The Morgan fingerprint density at radius 3 is 2.31 bits per heavy atom. The minimum Gasteiger partial charge on any atom is -0.497 e. The summed E-state index contributed by atoms with van der Waals surface area (Å²) in [5.74, 6) is 0.423. The van der Waals surface area contributed by atoms with E-state index in [1.54, 1.807) is 29.2 Å². The molecule has 2 heterocycles. The van der Waals surface area contributed by atoms with Crippen molar-refractivity contribution in [2.75, 3.05) is 39.0 Å². The number of amides is 1. The van der Waals surface area contributed by atoms with Crippen LogP contribution in [-0.4, -0.2) is 64.7 Å². The molecule has 0 spiro atoms. The molecule has 184 valence electrons. The van der Waals surface area contributed by atoms with Gasteiger partial charge in [0, 0.05) is 38.3 Å². The van der Waals surface area contributed by atoms with Crippen molar-refractivity contribution in [2.45, 2.75) is 17.9 Å². The lowest BCUT2D eigenvalue weighted by atomic mass is 10.1. The quantitative estimate of drug-likeness (QED) is 0.348. The summed E-state index contributed by atoms with van der Waals surface area (Å²) < 4.78 is 45.5. The second-order valence-corrected chi connectivity index (χ2v) is 9.02. The monoisotopic (exact) mass is 502 g/mol. The minimum atomic E-state index is -4.63. The van der Waals surface area contributed by atoms with Crippen molar-refractivity contribution >= 4 is 17.7 Å². The highest BCUT2D eigenvalue weighted by Gasteiger charge is 2.34. The van der Waals surface area contributed by atoms with Gasteiger partial charge in [0.25, 0.3) is 0 Å². The number of rotatable bonds is 7. The summed E-state index contributed by atoms with van der Waals surface area (Å²) in [4.78, 5) is 24.7. The highest BCUT2D eigenvalue weighted by atomic mass is 32.2. The number of hydrogen-bond donors (Lipinski definition) is 0. The Hall–Kier alpha value is -3.11. The number of benzene rings is 2. The van der Waals surface area contributed by atoms with Crippen LogP contribution in [0.4, 0.5) is 13.2 Å². The predicted molar refractivity (Wildman–Crippen MR) is 128 cm³/mol. The van der Waals surface area contributed by atoms with Gasteiger partial charge >= 0.3 is 6.18 Å². The summed E-state index contributed by atoms with van der Waals surface area (Å²) in [5, 5.41) is -0.0818. The molecule has 4 rings (SSSR count). The van der Waals surface area contributed by atoms with Gasteiger partial charge in [0.05, 0.1) is 18.6 Å². The minimum absolute atomic E-state index is 0.0257. The Kier molecular flexibility index (Phi) is 7.92. The molecule has 0 saturated carbocycles. The lowest BCUT2D eigenvalue weighted by Gasteiger charge is -2.34. The Bertz CT molecular complexity index is 1140. The molecule has 0 radical (unpaired) electrons. The van der Waals surface area contributed by atoms with Crippen molar-refractivity contribution < 1.29 is 22.7 Å². The van der Waals surface area contributed by atoms with E-state index in [2.05, 4.69) is 27.0 Å². The van der Waals surface area contributed by atoms with E-state index in [-0.39, 0.29) is 22.5 Å². The van der Waals surface area contributed by atoms with E-state index >= 15 is 0 Å². The maximum atomic E-state index is 13.5. The molecule has 1 aliphatic rings. The van der Waals surface area contributed by atoms with E-state index in [0.717, 1.165) is 37.5 Å². The molecule has 35 heavy (non-hydrogen) atoms. The van der Waals surface area contributed by atoms with Crippen LogP contribution in [0.1, 0.15) is 11.3 Å². The van der Waals surface area contributed by atoms with Crippen LogP contribution < -0.4 is 4.74 Å². The van der Waals surface area contributed by atoms with Crippen LogP contribution in [0.5, 0.6) is 5.75 Å². The zero-order valence-electron chi connectivity index (χ0n) is 19.2. The van der Waals surface area contributed by atoms with Crippen LogP contribution >= 0.6 is 11.8 Å². The second kappa shape index (κ2) is 11.1. The van der Waals surface area contributed by atoms with Gasteiger partial charge in [0.1, 0.15) is 11.4 Å². The summed E-state index contributed by atoms with van der Waals surface area (Å²) in [6.45, 7) is 3.46. The molecule has 0 aliphatic carbocycles. The Morgan fingerprint density at radius 2 is 1.69 bits per heavy atom. The van der Waals surface area contributed by atoms with Crippen molar-refractivity contribution in [1.29, 1.82) is 0 Å². The van der Waals surface area contributed by atoms with E-state index in [1.165, 1.54) is 12.7 Å². The van der Waals surface area contributed by atoms with Crippen LogP contribution in [-0.2, 0) is 17.5 Å². The molecule has 1 amide bonds. The van der Waals surface area contributed by atoms with Gasteiger partial charge in [0.15, 0.2) is 5.16 Å². The van der Waals surface area contributed by atoms with E-state index in [9.17, 15) is 18.0 Å². The number of hydrogen-bond acceptors (Lipinski definition) is 6. The Morgan fingerprint density at radius 1 is 1.00 bits per heavy atom. The zero-order valence-corrected chi connectivity index (χ0v) is 20.0. The third-order valence-electron chi connectivity index (χ3n) is 5.68. The Balaban J connectivity index is 1.39. The number of thioether (sulfide) groups is 1. The summed E-state index contributed by atoms with van der Waals surface area (Å²) in [6.07, 6.45) is -4.63. The van der Waals surface area contributed by atoms with Crippen LogP contribution in [0.2, 0.25) is 0 Å². The van der Waals surface area contributed by atoms with Gasteiger partial charge in [0.2, 0.25) is 5.91 Å². The molecule has 6 nitrogen and oxygen atoms in total. The van der Waals surface area contributed by atoms with Gasteiger partial charge in [-0.1, -0.05) is 42.1 Å². The number of nitrogens with zero attached hydrogens (tertiary/aromatic N) is 4. The number of methoxy groups -OCH3 is 1. The van der Waals surface area contributed by atoms with Gasteiger partial charge in [-0.2, -0.15) is 13.2 Å². The van der Waals surface area contributed by atoms with Gasteiger partial charge in [-0.05, 0) is 35.9 Å². The Labute approximate surface area is 206 Å². The summed E-state index contributed by atoms with van der Waals surface area (Å²) in [5.41, 5.74) is 0.820. The molecule has 3 aromatic rings. The van der Waals surface area contributed by atoms with Crippen molar-refractivity contribution in [2.24, 2.45) is 0 Å². The van der Waals surface area contributed by atoms with Crippen LogP contribution in [0.15, 0.2) is 65.8 Å². The van der Waals surface area contributed by atoms with Crippen LogP contribution in [0, 0.1) is 0 Å². The molecule has 0 atom stereocenters. The number of ether oxygens (including phenoxy) is 1. The predicted octanol–water partition coefficient (Wildman–Crippen LogP) is 4.61. The van der Waals surface area contributed by atoms with E-state index in [0.29, 0.717) is 24.4 Å². The van der Waals surface area contributed by atoms with Crippen molar-refractivity contribution in [3.8, 4) is 17.0 Å². The first-order valence-electron chi connectivity index (χ1n) is 11.1. The van der Waals surface area contributed by atoms with E-state index < -0.39 is 11.9 Å². The molecule has 2 aromatic carbocycles. The summed E-state index contributed by atoms with van der Waals surface area (Å²) in [7, 11) is 1.51. The molecule has 0 N–H and O–H groups in total. The van der Waals surface area contributed by atoms with Gasteiger partial charge < -0.3 is 9.64 Å². The first-order valence-corrected chi connectivity index (χ1v) is 12.1. The lowest BCUT2D eigenvalue weighted by molar-refractivity contribution is -0.141. The molecule has 0 unspecified atom stereocenters. The molecule has 10 heteroatoms. The van der Waals surface area contributed by atoms with Crippen molar-refractivity contribution in [3.63, 3.8) is 0 Å². The standard InChI is InChI=1S/C25H25F3N4O2S/c1-34-20-9-7-19(8-10-20)21-15-22(25(26,27)28)30-24(29-21)35-17-23(33)32-13-11-31(12-14-32)16-18-5-3-2-4-6-18/h2-10,15H,11-14,16-17H2,1H3. The fourth-order valence-electron chi connectivity index (χ4n) is 3.76. The fraction of sp³-hybridized carbons (Fsp3) is 0.320. The SMILES string of the molecule is COc1ccc(-c2cc(C(F)(F)F)nc(SCC(=O)N3CCN(Cc4ccccc4)CC3)n2)cc1. The average molecular weight is 503 g/mol. The largest absolute Gasteiger partial charge is 0.497 e. The smallest absolute Gasteiger partial charge is 0.433 e. The van der Waals surface area contributed by atoms with Crippen molar-refractivity contribution in [1.82, 2.24) is 19.8 Å². The maximum Gasteiger partial charge on any atom is 0.433 e. The molecule has 1 fully saturated rings. The molecule has 1 aliphatic heterocycles. The number of carbonyl (C=O) groups is 1. The van der Waals surface area contributed by atoms with Gasteiger partial charge in [-0.25, -0.2) is 9.97 Å². The third-order valence-corrected chi connectivity index (χ3v) is 6.51. The van der Waals surface area contributed by atoms with E-state index in [1.807, 2.05) is 18.2 Å². The number of halogens is 3. The second-order valence-electron chi connectivity index (χ2n) is 8.08. The molecular weight excluding hydrogens is 477 g/mol. The van der Waals surface area contributed by atoms with Crippen LogP contribution in [0.25, 0.3) is 11.3 Å². The highest BCUT2D eigenvalue weighted by molar-refractivity contribution is 7.99. The van der Waals surface area contributed by atoms with Crippen molar-refractivity contribution in [3.05, 3.63) is 71.9 Å². The highest BCUT2D eigenvalue weighted by Crippen LogP contribution is 2.32. The van der Waals surface area contributed by atoms with Gasteiger partial charge in [-0.15, -0.1) is 0 Å². The fourth-order valence-corrected chi connectivity index (χ4v) is 4.52. The van der Waals surface area contributed by atoms with Gasteiger partial charge in [-0.3, -0.25) is 9.69 Å². The number of carbonyl (C=O) groups excluding carboxylic acids is 1.